The van der Waals surface area contributed by atoms with Crippen molar-refractivity contribution in [2.45, 2.75) is 97.0 Å². The van der Waals surface area contributed by atoms with E-state index in [1.165, 1.54) is 44.9 Å². The van der Waals surface area contributed by atoms with Gasteiger partial charge in [-0.1, -0.05) is 57.8 Å². The van der Waals surface area contributed by atoms with E-state index in [1.54, 1.807) is 0 Å². The van der Waals surface area contributed by atoms with Crippen LogP contribution in [0.5, 0.6) is 0 Å². The second-order valence-corrected chi connectivity index (χ2v) is 7.05. The highest BCUT2D eigenvalue weighted by molar-refractivity contribution is 5.71. The summed E-state index contributed by atoms with van der Waals surface area (Å²) in [5.41, 5.74) is -0.430. The highest BCUT2D eigenvalue weighted by Crippen LogP contribution is 2.23. The van der Waals surface area contributed by atoms with E-state index >= 15 is 0 Å². The molecule has 0 N–H and O–H groups in total. The van der Waals surface area contributed by atoms with Crippen LogP contribution in [-0.4, -0.2) is 11.6 Å². The van der Waals surface area contributed by atoms with Crippen molar-refractivity contribution in [2.24, 2.45) is 5.92 Å². The second-order valence-electron chi connectivity index (χ2n) is 7.05. The van der Waals surface area contributed by atoms with Crippen molar-refractivity contribution in [3.63, 3.8) is 0 Å². The zero-order chi connectivity index (χ0) is 14.8. The molecule has 3 nitrogen and oxygen atoms in total. The van der Waals surface area contributed by atoms with Gasteiger partial charge in [-0.15, -0.1) is 0 Å². The molecule has 1 aliphatic rings. The van der Waals surface area contributed by atoms with E-state index in [0.717, 1.165) is 25.7 Å². The Morgan fingerprint density at radius 2 is 1.20 bits per heavy atom. The van der Waals surface area contributed by atoms with Crippen LogP contribution in [0.25, 0.3) is 0 Å². The molecule has 0 atom stereocenters. The number of rotatable bonds is 2. The van der Waals surface area contributed by atoms with E-state index in [4.69, 9.17) is 9.78 Å². The minimum absolute atomic E-state index is 0.0248. The van der Waals surface area contributed by atoms with E-state index in [-0.39, 0.29) is 11.9 Å². The lowest BCUT2D eigenvalue weighted by Gasteiger charge is -2.20. The van der Waals surface area contributed by atoms with Gasteiger partial charge in [-0.3, -0.25) is 4.89 Å². The van der Waals surface area contributed by atoms with Gasteiger partial charge in [0.1, 0.15) is 5.60 Å². The van der Waals surface area contributed by atoms with Gasteiger partial charge in [0.25, 0.3) is 0 Å². The fraction of sp³-hybridized carbons (Fsp3) is 0.941. The molecule has 0 aliphatic heterocycles. The van der Waals surface area contributed by atoms with Gasteiger partial charge in [-0.25, -0.2) is 4.79 Å². The predicted molar refractivity (Wildman–Crippen MR) is 81.2 cm³/mol. The normalized spacial score (nSPS) is 20.8. The molecular weight excluding hydrogens is 252 g/mol. The van der Waals surface area contributed by atoms with Crippen LogP contribution in [-0.2, 0) is 14.6 Å². The Morgan fingerprint density at radius 3 is 1.60 bits per heavy atom. The fourth-order valence-electron chi connectivity index (χ4n) is 2.63. The lowest BCUT2D eigenvalue weighted by molar-refractivity contribution is -0.323. The van der Waals surface area contributed by atoms with Crippen LogP contribution < -0.4 is 0 Å². The standard InChI is InChI=1S/C17H32O3/c1-17(2,3)20-19-16(18)15-13-11-9-7-5-4-6-8-10-12-14-15/h15H,4-14H2,1-3H3. The van der Waals surface area contributed by atoms with Gasteiger partial charge in [0.2, 0.25) is 0 Å². The molecule has 0 aromatic heterocycles. The highest BCUT2D eigenvalue weighted by Gasteiger charge is 2.23. The molecule has 1 rings (SSSR count). The molecule has 20 heavy (non-hydrogen) atoms. The summed E-state index contributed by atoms with van der Waals surface area (Å²) in [5.74, 6) is -0.145. The molecule has 1 fully saturated rings. The Hall–Kier alpha value is -0.570. The molecule has 0 unspecified atom stereocenters. The van der Waals surface area contributed by atoms with Crippen LogP contribution in [0.4, 0.5) is 0 Å². The van der Waals surface area contributed by atoms with Crippen molar-refractivity contribution in [2.75, 3.05) is 0 Å². The third-order valence-electron chi connectivity index (χ3n) is 3.81. The van der Waals surface area contributed by atoms with Crippen molar-refractivity contribution < 1.29 is 14.6 Å². The van der Waals surface area contributed by atoms with Gasteiger partial charge in [0, 0.05) is 0 Å². The zero-order valence-corrected chi connectivity index (χ0v) is 13.6. The smallest absolute Gasteiger partial charge is 0.298 e. The molecular formula is C17H32O3. The first-order valence-electron chi connectivity index (χ1n) is 8.38. The summed E-state index contributed by atoms with van der Waals surface area (Å²) in [6.07, 6.45) is 13.3. The third kappa shape index (κ3) is 8.57. The summed E-state index contributed by atoms with van der Waals surface area (Å²) >= 11 is 0. The van der Waals surface area contributed by atoms with Crippen LogP contribution >= 0.6 is 0 Å². The second kappa shape index (κ2) is 9.38. The molecule has 0 radical (unpaired) electrons. The zero-order valence-electron chi connectivity index (χ0n) is 13.6. The molecule has 0 aromatic carbocycles. The maximum atomic E-state index is 12.1. The molecule has 0 spiro atoms. The fourth-order valence-corrected chi connectivity index (χ4v) is 2.63. The summed E-state index contributed by atoms with van der Waals surface area (Å²) in [6, 6.07) is 0. The molecule has 0 heterocycles. The van der Waals surface area contributed by atoms with Crippen molar-refractivity contribution in [3.05, 3.63) is 0 Å². The number of hydrogen-bond acceptors (Lipinski definition) is 3. The number of hydrogen-bond donors (Lipinski definition) is 0. The third-order valence-corrected chi connectivity index (χ3v) is 3.81. The van der Waals surface area contributed by atoms with Crippen LogP contribution in [0.2, 0.25) is 0 Å². The van der Waals surface area contributed by atoms with Crippen LogP contribution in [0.15, 0.2) is 0 Å². The van der Waals surface area contributed by atoms with Crippen LogP contribution in [0, 0.1) is 5.92 Å². The van der Waals surface area contributed by atoms with Crippen LogP contribution in [0.1, 0.15) is 91.4 Å². The monoisotopic (exact) mass is 284 g/mol. The summed E-state index contributed by atoms with van der Waals surface area (Å²) in [4.78, 5) is 22.3. The minimum Gasteiger partial charge on any atom is -0.298 e. The van der Waals surface area contributed by atoms with E-state index in [0.29, 0.717) is 0 Å². The maximum Gasteiger partial charge on any atom is 0.345 e. The largest absolute Gasteiger partial charge is 0.345 e. The first kappa shape index (κ1) is 17.5. The molecule has 118 valence electrons. The molecule has 0 saturated heterocycles. The lowest BCUT2D eigenvalue weighted by atomic mass is 9.93. The molecule has 0 bridgehead atoms. The quantitative estimate of drug-likeness (QED) is 0.517. The van der Waals surface area contributed by atoms with Crippen LogP contribution in [0.3, 0.4) is 0 Å². The highest BCUT2D eigenvalue weighted by atomic mass is 17.2. The molecule has 1 aliphatic carbocycles. The van der Waals surface area contributed by atoms with Gasteiger partial charge in [-0.05, 0) is 33.6 Å². The van der Waals surface area contributed by atoms with Crippen molar-refractivity contribution >= 4 is 5.97 Å². The molecule has 0 amide bonds. The van der Waals surface area contributed by atoms with Crippen molar-refractivity contribution in [1.82, 2.24) is 0 Å². The number of carbonyl (C=O) groups excluding carboxylic acids is 1. The van der Waals surface area contributed by atoms with E-state index in [1.807, 2.05) is 20.8 Å². The van der Waals surface area contributed by atoms with E-state index in [9.17, 15) is 4.79 Å². The average molecular weight is 284 g/mol. The van der Waals surface area contributed by atoms with Crippen molar-refractivity contribution in [3.8, 4) is 0 Å². The van der Waals surface area contributed by atoms with Gasteiger partial charge < -0.3 is 0 Å². The molecule has 1 saturated carbocycles. The Labute approximate surface area is 124 Å². The number of carbonyl (C=O) groups is 1. The Balaban J connectivity index is 2.39. The Kier molecular flexibility index (Phi) is 8.20. The van der Waals surface area contributed by atoms with Crippen molar-refractivity contribution in [1.29, 1.82) is 0 Å². The SMILES string of the molecule is CC(C)(C)OOC(=O)C1CCCCCCCCCCC1. The summed E-state index contributed by atoms with van der Waals surface area (Å²) < 4.78 is 0. The van der Waals surface area contributed by atoms with Gasteiger partial charge in [0.05, 0.1) is 5.92 Å². The maximum absolute atomic E-state index is 12.1. The average Bonchev–Trinajstić information content (AvgIpc) is 2.36. The summed E-state index contributed by atoms with van der Waals surface area (Å²) in [5, 5.41) is 0. The minimum atomic E-state index is -0.430. The molecule has 3 heteroatoms. The first-order valence-corrected chi connectivity index (χ1v) is 8.38. The Bertz CT molecular complexity index is 256. The van der Waals surface area contributed by atoms with Gasteiger partial charge in [-0.2, -0.15) is 4.89 Å². The van der Waals surface area contributed by atoms with Gasteiger partial charge in [0.15, 0.2) is 0 Å². The molecule has 0 aromatic rings. The predicted octanol–water partition coefficient (Wildman–Crippen LogP) is 5.18. The summed E-state index contributed by atoms with van der Waals surface area (Å²) in [7, 11) is 0. The van der Waals surface area contributed by atoms with Gasteiger partial charge >= 0.3 is 5.97 Å². The lowest BCUT2D eigenvalue weighted by Crippen LogP contribution is -2.25. The summed E-state index contributed by atoms with van der Waals surface area (Å²) in [6.45, 7) is 5.67. The first-order chi connectivity index (χ1) is 9.49. The van der Waals surface area contributed by atoms with E-state index in [2.05, 4.69) is 0 Å². The topological polar surface area (TPSA) is 35.5 Å². The van der Waals surface area contributed by atoms with E-state index < -0.39 is 5.60 Å². The Morgan fingerprint density at radius 1 is 0.800 bits per heavy atom.